The van der Waals surface area contributed by atoms with Gasteiger partial charge in [0.15, 0.2) is 0 Å². The van der Waals surface area contributed by atoms with Crippen LogP contribution < -0.4 is 5.32 Å². The minimum atomic E-state index is 0.929. The molecular weight excluding hydrogens is 198 g/mol. The number of hydrogen-bond acceptors (Lipinski definition) is 2. The Bertz CT molecular complexity index is 377. The molecule has 16 heavy (non-hydrogen) atoms. The van der Waals surface area contributed by atoms with E-state index < -0.39 is 0 Å². The van der Waals surface area contributed by atoms with Crippen molar-refractivity contribution in [1.29, 1.82) is 0 Å². The summed E-state index contributed by atoms with van der Waals surface area (Å²) in [6.45, 7) is 5.54. The minimum Gasteiger partial charge on any atom is -0.331 e. The second-order valence-corrected chi connectivity index (χ2v) is 5.11. The van der Waals surface area contributed by atoms with Gasteiger partial charge in [0.25, 0.3) is 0 Å². The van der Waals surface area contributed by atoms with Gasteiger partial charge in [-0.15, -0.1) is 0 Å². The molecule has 1 N–H and O–H groups in total. The maximum absolute atomic E-state index is 4.78. The van der Waals surface area contributed by atoms with Gasteiger partial charge in [-0.05, 0) is 18.8 Å². The summed E-state index contributed by atoms with van der Waals surface area (Å²) >= 11 is 0. The van der Waals surface area contributed by atoms with Gasteiger partial charge in [0.05, 0.1) is 5.69 Å². The van der Waals surface area contributed by atoms with Crippen LogP contribution in [0.3, 0.4) is 0 Å². The third-order valence-electron chi connectivity index (χ3n) is 4.05. The van der Waals surface area contributed by atoms with Crippen LogP contribution in [-0.4, -0.2) is 16.1 Å². The van der Waals surface area contributed by atoms with Crippen LogP contribution >= 0.6 is 0 Å². The van der Waals surface area contributed by atoms with Crippen molar-refractivity contribution >= 4 is 0 Å². The molecule has 88 valence electrons. The highest BCUT2D eigenvalue weighted by Gasteiger charge is 2.23. The van der Waals surface area contributed by atoms with Crippen molar-refractivity contribution in [2.24, 2.45) is 5.92 Å². The molecule has 1 saturated carbocycles. The highest BCUT2D eigenvalue weighted by atomic mass is 15.1. The molecule has 0 atom stereocenters. The zero-order chi connectivity index (χ0) is 11.0. The first-order valence-electron chi connectivity index (χ1n) is 6.66. The molecule has 1 fully saturated rings. The van der Waals surface area contributed by atoms with Crippen molar-refractivity contribution in [2.75, 3.05) is 6.54 Å². The van der Waals surface area contributed by atoms with E-state index in [1.165, 1.54) is 43.0 Å². The molecule has 2 heterocycles. The topological polar surface area (TPSA) is 29.9 Å². The quantitative estimate of drug-likeness (QED) is 0.841. The van der Waals surface area contributed by atoms with Gasteiger partial charge in [0, 0.05) is 38.2 Å². The number of nitrogens with one attached hydrogen (secondary N) is 1. The minimum absolute atomic E-state index is 0.929. The zero-order valence-electron chi connectivity index (χ0n) is 10.1. The maximum atomic E-state index is 4.78. The van der Waals surface area contributed by atoms with E-state index in [-0.39, 0.29) is 0 Å². The summed E-state index contributed by atoms with van der Waals surface area (Å²) in [5, 5.41) is 3.41. The predicted octanol–water partition coefficient (Wildman–Crippen LogP) is 1.89. The lowest BCUT2D eigenvalue weighted by molar-refractivity contribution is 0.270. The van der Waals surface area contributed by atoms with Crippen LogP contribution in [0.2, 0.25) is 0 Å². The smallest absolute Gasteiger partial charge is 0.108 e. The molecule has 0 saturated heterocycles. The van der Waals surface area contributed by atoms with E-state index in [2.05, 4.69) is 16.8 Å². The lowest BCUT2D eigenvalue weighted by Gasteiger charge is -2.28. The normalized spacial score (nSPS) is 20.6. The summed E-state index contributed by atoms with van der Waals surface area (Å²) < 4.78 is 2.53. The Morgan fingerprint density at radius 1 is 1.44 bits per heavy atom. The average molecular weight is 219 g/mol. The summed E-state index contributed by atoms with van der Waals surface area (Å²) in [4.78, 5) is 4.78. The van der Waals surface area contributed by atoms with Crippen LogP contribution in [0, 0.1) is 5.92 Å². The maximum Gasteiger partial charge on any atom is 0.108 e. The number of fused-ring (bicyclic) bond motifs is 1. The molecule has 2 aliphatic rings. The zero-order valence-corrected chi connectivity index (χ0v) is 10.1. The summed E-state index contributed by atoms with van der Waals surface area (Å²) in [7, 11) is 0. The molecule has 1 aromatic rings. The number of rotatable bonds is 3. The second-order valence-electron chi connectivity index (χ2n) is 5.11. The third-order valence-corrected chi connectivity index (χ3v) is 4.05. The third kappa shape index (κ3) is 1.67. The average Bonchev–Trinajstić information content (AvgIpc) is 2.61. The molecule has 1 aliphatic carbocycles. The standard InChI is InChI=1S/C13H21N3/c1-2-13-15-11-8-14-7-6-12(11)16(13)9-10-4-3-5-10/h10,14H,2-9H2,1H3. The van der Waals surface area contributed by atoms with Crippen molar-refractivity contribution in [3.8, 4) is 0 Å². The molecule has 3 heteroatoms. The fraction of sp³-hybridized carbons (Fsp3) is 0.769. The Morgan fingerprint density at radius 3 is 3.00 bits per heavy atom. The number of aryl methyl sites for hydroxylation is 1. The van der Waals surface area contributed by atoms with Crippen molar-refractivity contribution < 1.29 is 0 Å². The van der Waals surface area contributed by atoms with Crippen molar-refractivity contribution in [1.82, 2.24) is 14.9 Å². The first kappa shape index (κ1) is 10.3. The molecular formula is C13H21N3. The molecule has 3 nitrogen and oxygen atoms in total. The van der Waals surface area contributed by atoms with E-state index in [1.807, 2.05) is 0 Å². The van der Waals surface area contributed by atoms with Crippen LogP contribution in [0.15, 0.2) is 0 Å². The Kier molecular flexibility index (Phi) is 2.72. The molecule has 0 unspecified atom stereocenters. The van der Waals surface area contributed by atoms with Gasteiger partial charge >= 0.3 is 0 Å². The van der Waals surface area contributed by atoms with Gasteiger partial charge in [-0.1, -0.05) is 13.3 Å². The molecule has 0 amide bonds. The fourth-order valence-corrected chi connectivity index (χ4v) is 2.85. The van der Waals surface area contributed by atoms with E-state index in [0.29, 0.717) is 0 Å². The second kappa shape index (κ2) is 4.21. The van der Waals surface area contributed by atoms with Gasteiger partial charge in [-0.3, -0.25) is 0 Å². The van der Waals surface area contributed by atoms with Gasteiger partial charge in [-0.25, -0.2) is 4.98 Å². The summed E-state index contributed by atoms with van der Waals surface area (Å²) in [5.41, 5.74) is 2.82. The van der Waals surface area contributed by atoms with Gasteiger partial charge in [0.1, 0.15) is 5.82 Å². The lowest BCUT2D eigenvalue weighted by atomic mass is 9.85. The van der Waals surface area contributed by atoms with Crippen molar-refractivity contribution in [3.05, 3.63) is 17.2 Å². The largest absolute Gasteiger partial charge is 0.331 e. The molecule has 1 aromatic heterocycles. The molecule has 0 radical (unpaired) electrons. The predicted molar refractivity (Wildman–Crippen MR) is 64.4 cm³/mol. The number of nitrogens with zero attached hydrogens (tertiary/aromatic N) is 2. The number of aromatic nitrogens is 2. The van der Waals surface area contributed by atoms with Gasteiger partial charge in [-0.2, -0.15) is 0 Å². The van der Waals surface area contributed by atoms with Crippen LogP contribution in [-0.2, 0) is 25.9 Å². The summed E-state index contributed by atoms with van der Waals surface area (Å²) in [6.07, 6.45) is 6.52. The molecule has 0 bridgehead atoms. The fourth-order valence-electron chi connectivity index (χ4n) is 2.85. The molecule has 3 rings (SSSR count). The van der Waals surface area contributed by atoms with Crippen molar-refractivity contribution in [2.45, 2.75) is 52.1 Å². The monoisotopic (exact) mass is 219 g/mol. The van der Waals surface area contributed by atoms with Gasteiger partial charge in [0.2, 0.25) is 0 Å². The Labute approximate surface area is 97.3 Å². The summed E-state index contributed by atoms with van der Waals surface area (Å²) in [5.74, 6) is 2.24. The molecule has 1 aliphatic heterocycles. The highest BCUT2D eigenvalue weighted by Crippen LogP contribution is 2.29. The first-order chi connectivity index (χ1) is 7.88. The number of imidazole rings is 1. The van der Waals surface area contributed by atoms with E-state index >= 15 is 0 Å². The van der Waals surface area contributed by atoms with E-state index in [1.54, 1.807) is 0 Å². The Morgan fingerprint density at radius 2 is 2.31 bits per heavy atom. The number of hydrogen-bond donors (Lipinski definition) is 1. The van der Waals surface area contributed by atoms with Crippen LogP contribution in [0.5, 0.6) is 0 Å². The SMILES string of the molecule is CCc1nc2c(n1CC1CCC1)CCNC2. The lowest BCUT2D eigenvalue weighted by Crippen LogP contribution is -2.27. The van der Waals surface area contributed by atoms with Crippen LogP contribution in [0.1, 0.15) is 43.4 Å². The summed E-state index contributed by atoms with van der Waals surface area (Å²) in [6, 6.07) is 0. The van der Waals surface area contributed by atoms with Gasteiger partial charge < -0.3 is 9.88 Å². The van der Waals surface area contributed by atoms with Crippen LogP contribution in [0.25, 0.3) is 0 Å². The first-order valence-corrected chi connectivity index (χ1v) is 6.66. The molecule has 0 aromatic carbocycles. The highest BCUT2D eigenvalue weighted by molar-refractivity contribution is 5.20. The van der Waals surface area contributed by atoms with E-state index in [0.717, 1.165) is 31.8 Å². The van der Waals surface area contributed by atoms with E-state index in [9.17, 15) is 0 Å². The Balaban J connectivity index is 1.89. The van der Waals surface area contributed by atoms with E-state index in [4.69, 9.17) is 4.98 Å². The van der Waals surface area contributed by atoms with Crippen molar-refractivity contribution in [3.63, 3.8) is 0 Å². The molecule has 0 spiro atoms. The Hall–Kier alpha value is -0.830. The van der Waals surface area contributed by atoms with Crippen LogP contribution in [0.4, 0.5) is 0 Å².